The lowest BCUT2D eigenvalue weighted by atomic mass is 10.4. The highest BCUT2D eigenvalue weighted by Crippen LogP contribution is 2.11. The number of hydrogen-bond donors (Lipinski definition) is 0. The predicted molar refractivity (Wildman–Crippen MR) is 106 cm³/mol. The monoisotopic (exact) mass is 378 g/mol. The molecule has 2 aliphatic heterocycles. The van der Waals surface area contributed by atoms with Crippen LogP contribution in [0.1, 0.15) is 0 Å². The molecule has 0 fully saturated rings. The van der Waals surface area contributed by atoms with E-state index in [2.05, 4.69) is 36.3 Å². The molecule has 0 aromatic rings. The van der Waals surface area contributed by atoms with E-state index in [1.165, 1.54) is 0 Å². The molecule has 0 saturated heterocycles. The molecule has 0 unspecified atom stereocenters. The van der Waals surface area contributed by atoms with E-state index in [1.54, 1.807) is 0 Å². The minimum atomic E-state index is -3.11. The Bertz CT molecular complexity index is 524. The molecule has 2 rings (SSSR count). The molecule has 0 aliphatic carbocycles. The van der Waals surface area contributed by atoms with Gasteiger partial charge in [0.1, 0.15) is 38.6 Å². The standard InChI is InChI=1S/2C9H13N2.H2O3S/c2*1-3-6-11(7-4-2)8-5-10-9-11;1-4(2)3/h2*3-5,8-9H,1-2,6-7H2;(H2,1,2,3)/q2*+1;/p-2. The second-order valence-electron chi connectivity index (χ2n) is 5.42. The zero-order valence-electron chi connectivity index (χ0n) is 14.9. The van der Waals surface area contributed by atoms with Crippen molar-refractivity contribution in [2.45, 2.75) is 0 Å². The van der Waals surface area contributed by atoms with E-state index in [-0.39, 0.29) is 0 Å². The number of quaternary nitrogens is 2. The van der Waals surface area contributed by atoms with Gasteiger partial charge in [-0.25, -0.2) is 19.0 Å². The normalized spacial score (nSPS) is 17.0. The third-order valence-corrected chi connectivity index (χ3v) is 3.37. The maximum Gasteiger partial charge on any atom is 0.195 e. The van der Waals surface area contributed by atoms with E-state index in [9.17, 15) is 0 Å². The van der Waals surface area contributed by atoms with Gasteiger partial charge in [0.2, 0.25) is 0 Å². The molecular formula is C18H26N4O3S. The summed E-state index contributed by atoms with van der Waals surface area (Å²) in [6.45, 7) is 18.3. The van der Waals surface area contributed by atoms with Crippen LogP contribution in [0.2, 0.25) is 0 Å². The van der Waals surface area contributed by atoms with Crippen LogP contribution in [0.25, 0.3) is 0 Å². The lowest BCUT2D eigenvalue weighted by Gasteiger charge is -2.23. The van der Waals surface area contributed by atoms with Gasteiger partial charge in [0, 0.05) is 0 Å². The van der Waals surface area contributed by atoms with Crippen LogP contribution in [0.15, 0.2) is 85.4 Å². The van der Waals surface area contributed by atoms with Crippen LogP contribution in [0.3, 0.4) is 0 Å². The van der Waals surface area contributed by atoms with E-state index >= 15 is 0 Å². The molecule has 0 atom stereocenters. The minimum Gasteiger partial charge on any atom is -0.784 e. The molecule has 0 spiro atoms. The Labute approximate surface area is 158 Å². The molecular weight excluding hydrogens is 352 g/mol. The number of rotatable bonds is 8. The second kappa shape index (κ2) is 13.0. The summed E-state index contributed by atoms with van der Waals surface area (Å²) in [4.78, 5) is 8.09. The van der Waals surface area contributed by atoms with E-state index in [0.717, 1.165) is 35.1 Å². The fraction of sp³-hybridized carbons (Fsp3) is 0.222. The lowest BCUT2D eigenvalue weighted by molar-refractivity contribution is -0.765. The zero-order valence-corrected chi connectivity index (χ0v) is 15.7. The van der Waals surface area contributed by atoms with Crippen molar-refractivity contribution < 1.29 is 22.3 Å². The largest absolute Gasteiger partial charge is 0.784 e. The molecule has 26 heavy (non-hydrogen) atoms. The molecule has 2 aliphatic rings. The molecule has 142 valence electrons. The number of nitrogens with zero attached hydrogens (tertiary/aromatic N) is 4. The fourth-order valence-corrected chi connectivity index (χ4v) is 2.30. The Hall–Kier alpha value is -2.23. The van der Waals surface area contributed by atoms with E-state index in [0.29, 0.717) is 0 Å². The van der Waals surface area contributed by atoms with Crippen LogP contribution in [0, 0.1) is 0 Å². The van der Waals surface area contributed by atoms with E-state index < -0.39 is 11.4 Å². The second-order valence-corrected chi connectivity index (χ2v) is 5.83. The summed E-state index contributed by atoms with van der Waals surface area (Å²) in [5.41, 5.74) is 0. The van der Waals surface area contributed by atoms with Crippen molar-refractivity contribution in [2.75, 3.05) is 26.2 Å². The summed E-state index contributed by atoms with van der Waals surface area (Å²) in [6.07, 6.45) is 19.1. The van der Waals surface area contributed by atoms with Gasteiger partial charge in [-0.15, -0.1) is 11.4 Å². The third kappa shape index (κ3) is 9.30. The lowest BCUT2D eigenvalue weighted by Crippen LogP contribution is -2.39. The Balaban J connectivity index is 0.000000401. The Morgan fingerprint density at radius 2 is 1.04 bits per heavy atom. The van der Waals surface area contributed by atoms with Crippen molar-refractivity contribution in [1.82, 2.24) is 0 Å². The van der Waals surface area contributed by atoms with Crippen LogP contribution in [0.5, 0.6) is 0 Å². The van der Waals surface area contributed by atoms with Crippen molar-refractivity contribution in [3.63, 3.8) is 0 Å². The summed E-state index contributed by atoms with van der Waals surface area (Å²) < 4.78 is 26.8. The average Bonchev–Trinajstić information content (AvgIpc) is 3.20. The van der Waals surface area contributed by atoms with Crippen molar-refractivity contribution in [3.05, 3.63) is 75.4 Å². The smallest absolute Gasteiger partial charge is 0.195 e. The molecule has 0 radical (unpaired) electrons. The summed E-state index contributed by atoms with van der Waals surface area (Å²) in [6, 6.07) is 0. The van der Waals surface area contributed by atoms with Gasteiger partial charge < -0.3 is 9.11 Å². The van der Waals surface area contributed by atoms with Crippen molar-refractivity contribution in [3.8, 4) is 0 Å². The number of hydrogen-bond acceptors (Lipinski definition) is 5. The van der Waals surface area contributed by atoms with Crippen LogP contribution >= 0.6 is 0 Å². The Morgan fingerprint density at radius 1 is 0.769 bits per heavy atom. The van der Waals surface area contributed by atoms with Gasteiger partial charge in [-0.1, -0.05) is 26.3 Å². The Morgan fingerprint density at radius 3 is 1.19 bits per heavy atom. The molecule has 0 bridgehead atoms. The molecule has 0 aromatic heterocycles. The first-order chi connectivity index (χ1) is 12.4. The molecule has 0 N–H and O–H groups in total. The van der Waals surface area contributed by atoms with Crippen molar-refractivity contribution in [2.24, 2.45) is 9.98 Å². The zero-order chi connectivity index (χ0) is 19.9. The van der Waals surface area contributed by atoms with Gasteiger partial charge in [0.05, 0.1) is 12.4 Å². The third-order valence-electron chi connectivity index (χ3n) is 3.37. The van der Waals surface area contributed by atoms with Gasteiger partial charge in [-0.3, -0.25) is 4.21 Å². The first-order valence-electron chi connectivity index (χ1n) is 7.76. The molecule has 0 saturated carbocycles. The van der Waals surface area contributed by atoms with Gasteiger partial charge >= 0.3 is 0 Å². The van der Waals surface area contributed by atoms with Crippen LogP contribution < -0.4 is 0 Å². The average molecular weight is 378 g/mol. The summed E-state index contributed by atoms with van der Waals surface area (Å²) in [5.74, 6) is 0. The topological polar surface area (TPSA) is 87.9 Å². The minimum absolute atomic E-state index is 0.729. The molecule has 8 heteroatoms. The highest BCUT2D eigenvalue weighted by Gasteiger charge is 2.22. The van der Waals surface area contributed by atoms with Gasteiger partial charge in [-0.05, 0) is 24.3 Å². The Kier molecular flexibility index (Phi) is 11.9. The molecule has 0 aromatic carbocycles. The van der Waals surface area contributed by atoms with Gasteiger partial charge in [0.25, 0.3) is 0 Å². The van der Waals surface area contributed by atoms with Crippen LogP contribution in [-0.4, -0.2) is 61.1 Å². The van der Waals surface area contributed by atoms with Gasteiger partial charge in [-0.2, -0.15) is 0 Å². The van der Waals surface area contributed by atoms with Gasteiger partial charge in [0.15, 0.2) is 12.7 Å². The van der Waals surface area contributed by atoms with E-state index in [4.69, 9.17) is 13.3 Å². The summed E-state index contributed by atoms with van der Waals surface area (Å²) >= 11 is -3.11. The fourth-order valence-electron chi connectivity index (χ4n) is 2.30. The highest BCUT2D eigenvalue weighted by atomic mass is 32.2. The number of aliphatic imine (C=N–C) groups is 2. The SMILES string of the molecule is C=CC[N+]1(CC=C)C=CN=C1.C=CC[N+]1(CC=C)C=CN=C1.O=S([O-])[O-]. The quantitative estimate of drug-likeness (QED) is 0.369. The van der Waals surface area contributed by atoms with Crippen molar-refractivity contribution >= 4 is 24.0 Å². The highest BCUT2D eigenvalue weighted by molar-refractivity contribution is 7.72. The molecule has 0 amide bonds. The predicted octanol–water partition coefficient (Wildman–Crippen LogP) is 2.37. The summed E-state index contributed by atoms with van der Waals surface area (Å²) in [7, 11) is 0. The summed E-state index contributed by atoms with van der Waals surface area (Å²) in [5, 5.41) is 0. The van der Waals surface area contributed by atoms with Crippen LogP contribution in [-0.2, 0) is 11.4 Å². The van der Waals surface area contributed by atoms with E-state index in [1.807, 2.05) is 61.8 Å². The molecule has 7 nitrogen and oxygen atoms in total. The molecule has 2 heterocycles. The van der Waals surface area contributed by atoms with Crippen LogP contribution in [0.4, 0.5) is 0 Å². The maximum absolute atomic E-state index is 8.44. The van der Waals surface area contributed by atoms with Crippen molar-refractivity contribution in [1.29, 1.82) is 0 Å². The first kappa shape index (κ1) is 23.8. The first-order valence-corrected chi connectivity index (χ1v) is 8.76. The maximum atomic E-state index is 8.44.